The standard InChI is InChI=1S/C11H9ClFN3O3S/c1-19-9-3-2-7(4-8(9)13)20(17,18)16-11-5-10(12)14-6-15-11/h2-6H,1H3,(H,14,15,16). The highest BCUT2D eigenvalue weighted by Crippen LogP contribution is 2.22. The Balaban J connectivity index is 2.33. The van der Waals surface area contributed by atoms with Crippen molar-refractivity contribution in [2.45, 2.75) is 4.90 Å². The first kappa shape index (κ1) is 14.5. The van der Waals surface area contributed by atoms with Gasteiger partial charge < -0.3 is 4.74 Å². The van der Waals surface area contributed by atoms with Gasteiger partial charge in [0.15, 0.2) is 11.6 Å². The smallest absolute Gasteiger partial charge is 0.263 e. The first-order valence-corrected chi connectivity index (χ1v) is 7.12. The molecule has 0 aliphatic carbocycles. The number of nitrogens with zero attached hydrogens (tertiary/aromatic N) is 2. The monoisotopic (exact) mass is 317 g/mol. The topological polar surface area (TPSA) is 81.2 Å². The van der Waals surface area contributed by atoms with Gasteiger partial charge >= 0.3 is 0 Å². The third-order valence-corrected chi connectivity index (χ3v) is 3.87. The molecule has 1 aromatic heterocycles. The van der Waals surface area contributed by atoms with Crippen molar-refractivity contribution in [1.29, 1.82) is 0 Å². The summed E-state index contributed by atoms with van der Waals surface area (Å²) >= 11 is 5.62. The minimum atomic E-state index is -3.97. The molecule has 0 saturated heterocycles. The van der Waals surface area contributed by atoms with Crippen LogP contribution in [0.5, 0.6) is 5.75 Å². The van der Waals surface area contributed by atoms with E-state index in [1.165, 1.54) is 25.3 Å². The zero-order valence-corrected chi connectivity index (χ0v) is 11.7. The summed E-state index contributed by atoms with van der Waals surface area (Å²) in [5.41, 5.74) is 0. The molecule has 1 N–H and O–H groups in total. The summed E-state index contributed by atoms with van der Waals surface area (Å²) in [6.07, 6.45) is 1.11. The first-order valence-electron chi connectivity index (χ1n) is 5.26. The molecule has 20 heavy (non-hydrogen) atoms. The SMILES string of the molecule is COc1ccc(S(=O)(=O)Nc2cc(Cl)ncn2)cc1F. The Morgan fingerprint density at radius 2 is 2.05 bits per heavy atom. The summed E-state index contributed by atoms with van der Waals surface area (Å²) in [5, 5.41) is 0.0820. The van der Waals surface area contributed by atoms with Crippen LogP contribution in [0.25, 0.3) is 0 Å². The molecule has 106 valence electrons. The number of sulfonamides is 1. The Hall–Kier alpha value is -1.93. The molecule has 0 aliphatic heterocycles. The lowest BCUT2D eigenvalue weighted by Gasteiger charge is -2.08. The normalized spacial score (nSPS) is 11.2. The van der Waals surface area contributed by atoms with Crippen molar-refractivity contribution in [3.8, 4) is 5.75 Å². The quantitative estimate of drug-likeness (QED) is 0.873. The van der Waals surface area contributed by atoms with E-state index in [9.17, 15) is 12.8 Å². The van der Waals surface area contributed by atoms with Gasteiger partial charge in [-0.05, 0) is 18.2 Å². The lowest BCUT2D eigenvalue weighted by molar-refractivity contribution is 0.385. The molecule has 2 aromatic rings. The van der Waals surface area contributed by atoms with Gasteiger partial charge in [-0.3, -0.25) is 4.72 Å². The number of nitrogens with one attached hydrogen (secondary N) is 1. The van der Waals surface area contributed by atoms with E-state index in [0.717, 1.165) is 12.4 Å². The van der Waals surface area contributed by atoms with Crippen LogP contribution in [0, 0.1) is 5.82 Å². The van der Waals surface area contributed by atoms with E-state index in [4.69, 9.17) is 16.3 Å². The van der Waals surface area contributed by atoms with Crippen LogP contribution in [0.2, 0.25) is 5.15 Å². The number of benzene rings is 1. The number of ether oxygens (including phenoxy) is 1. The van der Waals surface area contributed by atoms with Crippen molar-refractivity contribution < 1.29 is 17.5 Å². The largest absolute Gasteiger partial charge is 0.494 e. The van der Waals surface area contributed by atoms with E-state index in [-0.39, 0.29) is 21.6 Å². The Labute approximate surface area is 119 Å². The van der Waals surface area contributed by atoms with Crippen LogP contribution >= 0.6 is 11.6 Å². The molecule has 9 heteroatoms. The highest BCUT2D eigenvalue weighted by molar-refractivity contribution is 7.92. The van der Waals surface area contributed by atoms with Gasteiger partial charge in [0, 0.05) is 6.07 Å². The summed E-state index contributed by atoms with van der Waals surface area (Å²) in [7, 11) is -2.69. The summed E-state index contributed by atoms with van der Waals surface area (Å²) in [5.74, 6) is -0.841. The molecule has 0 atom stereocenters. The molecular formula is C11H9ClFN3O3S. The predicted molar refractivity (Wildman–Crippen MR) is 70.8 cm³/mol. The van der Waals surface area contributed by atoms with Gasteiger partial charge in [0.2, 0.25) is 0 Å². The zero-order chi connectivity index (χ0) is 14.8. The Bertz CT molecular complexity index is 739. The fourth-order valence-electron chi connectivity index (χ4n) is 1.40. The summed E-state index contributed by atoms with van der Waals surface area (Å²) in [4.78, 5) is 7.07. The minimum Gasteiger partial charge on any atom is -0.494 e. The van der Waals surface area contributed by atoms with Crippen molar-refractivity contribution >= 4 is 27.4 Å². The third kappa shape index (κ3) is 3.14. The van der Waals surface area contributed by atoms with Crippen LogP contribution in [-0.2, 0) is 10.0 Å². The fourth-order valence-corrected chi connectivity index (χ4v) is 2.56. The second-order valence-electron chi connectivity index (χ2n) is 3.63. The number of methoxy groups -OCH3 is 1. The van der Waals surface area contributed by atoms with E-state index in [1.807, 2.05) is 0 Å². The average Bonchev–Trinajstić information content (AvgIpc) is 2.38. The average molecular weight is 318 g/mol. The van der Waals surface area contributed by atoms with Crippen LogP contribution in [0.4, 0.5) is 10.2 Å². The number of hydrogen-bond donors (Lipinski definition) is 1. The molecule has 2 rings (SSSR count). The summed E-state index contributed by atoms with van der Waals surface area (Å²) < 4.78 is 44.5. The number of halogens is 2. The van der Waals surface area contributed by atoms with E-state index >= 15 is 0 Å². The molecule has 0 unspecified atom stereocenters. The van der Waals surface area contributed by atoms with Crippen molar-refractivity contribution in [2.24, 2.45) is 0 Å². The van der Waals surface area contributed by atoms with Gasteiger partial charge in [-0.1, -0.05) is 11.6 Å². The van der Waals surface area contributed by atoms with Gasteiger partial charge in [0.25, 0.3) is 10.0 Å². The maximum atomic E-state index is 13.5. The summed E-state index contributed by atoms with van der Waals surface area (Å²) in [6.45, 7) is 0. The second-order valence-corrected chi connectivity index (χ2v) is 5.70. The number of anilines is 1. The third-order valence-electron chi connectivity index (χ3n) is 2.31. The molecule has 0 amide bonds. The summed E-state index contributed by atoms with van der Waals surface area (Å²) in [6, 6.07) is 4.52. The molecular weight excluding hydrogens is 309 g/mol. The van der Waals surface area contributed by atoms with Gasteiger partial charge in [0.1, 0.15) is 17.3 Å². The Morgan fingerprint density at radius 1 is 1.30 bits per heavy atom. The van der Waals surface area contributed by atoms with Gasteiger partial charge in [0.05, 0.1) is 12.0 Å². The molecule has 6 nitrogen and oxygen atoms in total. The molecule has 0 spiro atoms. The zero-order valence-electron chi connectivity index (χ0n) is 10.2. The molecule has 0 bridgehead atoms. The molecule has 1 heterocycles. The maximum Gasteiger partial charge on any atom is 0.263 e. The number of hydrogen-bond acceptors (Lipinski definition) is 5. The van der Waals surface area contributed by atoms with Crippen LogP contribution in [-0.4, -0.2) is 25.5 Å². The molecule has 1 aromatic carbocycles. The first-order chi connectivity index (χ1) is 9.42. The Kier molecular flexibility index (Phi) is 4.05. The van der Waals surface area contributed by atoms with Crippen LogP contribution in [0.1, 0.15) is 0 Å². The van der Waals surface area contributed by atoms with Crippen molar-refractivity contribution in [2.75, 3.05) is 11.8 Å². The Morgan fingerprint density at radius 3 is 2.65 bits per heavy atom. The van der Waals surface area contributed by atoms with E-state index in [2.05, 4.69) is 14.7 Å². The van der Waals surface area contributed by atoms with E-state index in [0.29, 0.717) is 0 Å². The molecule has 0 saturated carbocycles. The van der Waals surface area contributed by atoms with Crippen LogP contribution in [0.15, 0.2) is 35.5 Å². The molecule has 0 fully saturated rings. The van der Waals surface area contributed by atoms with Crippen LogP contribution < -0.4 is 9.46 Å². The lowest BCUT2D eigenvalue weighted by atomic mass is 10.3. The number of aromatic nitrogens is 2. The predicted octanol–water partition coefficient (Wildman–Crippen LogP) is 2.08. The van der Waals surface area contributed by atoms with E-state index < -0.39 is 15.8 Å². The highest BCUT2D eigenvalue weighted by atomic mass is 35.5. The van der Waals surface area contributed by atoms with Crippen molar-refractivity contribution in [3.63, 3.8) is 0 Å². The highest BCUT2D eigenvalue weighted by Gasteiger charge is 2.17. The second kappa shape index (κ2) is 5.59. The molecule has 0 aliphatic rings. The van der Waals surface area contributed by atoms with Crippen LogP contribution in [0.3, 0.4) is 0 Å². The van der Waals surface area contributed by atoms with Crippen molar-refractivity contribution in [1.82, 2.24) is 9.97 Å². The lowest BCUT2D eigenvalue weighted by Crippen LogP contribution is -2.14. The minimum absolute atomic E-state index is 0.0128. The van der Waals surface area contributed by atoms with Crippen molar-refractivity contribution in [3.05, 3.63) is 41.6 Å². The van der Waals surface area contributed by atoms with Gasteiger partial charge in [-0.2, -0.15) is 0 Å². The van der Waals surface area contributed by atoms with E-state index in [1.54, 1.807) is 0 Å². The fraction of sp³-hybridized carbons (Fsp3) is 0.0909. The van der Waals surface area contributed by atoms with Gasteiger partial charge in [-0.15, -0.1) is 0 Å². The van der Waals surface area contributed by atoms with Gasteiger partial charge in [-0.25, -0.2) is 22.8 Å². The maximum absolute atomic E-state index is 13.5. The molecule has 0 radical (unpaired) electrons. The number of rotatable bonds is 4.